The van der Waals surface area contributed by atoms with Crippen molar-refractivity contribution in [3.63, 3.8) is 0 Å². The molecule has 0 spiro atoms. The van der Waals surface area contributed by atoms with Crippen LogP contribution in [0.4, 0.5) is 16.3 Å². The minimum atomic E-state index is -0.520. The van der Waals surface area contributed by atoms with Gasteiger partial charge in [-0.05, 0) is 45.9 Å². The molecule has 0 unspecified atom stereocenters. The second-order valence-corrected chi connectivity index (χ2v) is 10.8. The molecule has 1 amide bonds. The fourth-order valence-corrected chi connectivity index (χ4v) is 4.95. The SMILES string of the molecule is CCOC(=O)Cc1nc2c(N3CCOCC3)ccnn2c1-c1ccc(N2CCN(C(=O)OC(C)(C)C)CC2)nc1. The molecule has 2 aliphatic rings. The number of hydrogen-bond acceptors (Lipinski definition) is 10. The summed E-state index contributed by atoms with van der Waals surface area (Å²) in [5.41, 5.74) is 3.21. The summed E-state index contributed by atoms with van der Waals surface area (Å²) in [4.78, 5) is 40.6. The molecular formula is C28H37N7O5. The van der Waals surface area contributed by atoms with Crippen LogP contribution < -0.4 is 9.80 Å². The number of hydrogen-bond donors (Lipinski definition) is 0. The predicted molar refractivity (Wildman–Crippen MR) is 150 cm³/mol. The Morgan fingerprint density at radius 1 is 1.00 bits per heavy atom. The van der Waals surface area contributed by atoms with E-state index in [0.717, 1.165) is 30.2 Å². The van der Waals surface area contributed by atoms with Crippen molar-refractivity contribution in [3.8, 4) is 11.3 Å². The molecule has 2 saturated heterocycles. The summed E-state index contributed by atoms with van der Waals surface area (Å²) < 4.78 is 18.1. The van der Waals surface area contributed by atoms with E-state index in [9.17, 15) is 9.59 Å². The molecule has 3 aromatic rings. The minimum Gasteiger partial charge on any atom is -0.466 e. The van der Waals surface area contributed by atoms with Crippen molar-refractivity contribution in [1.29, 1.82) is 0 Å². The number of fused-ring (bicyclic) bond motifs is 1. The summed E-state index contributed by atoms with van der Waals surface area (Å²) in [5.74, 6) is 0.475. The second kappa shape index (κ2) is 11.7. The molecule has 0 aliphatic carbocycles. The molecule has 2 aliphatic heterocycles. The second-order valence-electron chi connectivity index (χ2n) is 10.8. The van der Waals surface area contributed by atoms with Crippen LogP contribution in [0.1, 0.15) is 33.4 Å². The molecular weight excluding hydrogens is 514 g/mol. The van der Waals surface area contributed by atoms with Gasteiger partial charge in [0.1, 0.15) is 11.4 Å². The van der Waals surface area contributed by atoms with Crippen molar-refractivity contribution in [2.24, 2.45) is 0 Å². The minimum absolute atomic E-state index is 0.0312. The number of aromatic nitrogens is 4. The smallest absolute Gasteiger partial charge is 0.410 e. The van der Waals surface area contributed by atoms with E-state index < -0.39 is 5.60 Å². The number of amides is 1. The summed E-state index contributed by atoms with van der Waals surface area (Å²) in [5, 5.41) is 4.61. The number of imidazole rings is 1. The van der Waals surface area contributed by atoms with Gasteiger partial charge in [0.05, 0.1) is 49.5 Å². The highest BCUT2D eigenvalue weighted by Gasteiger charge is 2.27. The first kappa shape index (κ1) is 27.6. The van der Waals surface area contributed by atoms with Crippen LogP contribution >= 0.6 is 0 Å². The van der Waals surface area contributed by atoms with Gasteiger partial charge >= 0.3 is 12.1 Å². The summed E-state index contributed by atoms with van der Waals surface area (Å²) in [6.45, 7) is 12.9. The zero-order valence-corrected chi connectivity index (χ0v) is 23.6. The highest BCUT2D eigenvalue weighted by Crippen LogP contribution is 2.30. The topological polar surface area (TPSA) is 115 Å². The van der Waals surface area contributed by atoms with Crippen LogP contribution in [0.2, 0.25) is 0 Å². The highest BCUT2D eigenvalue weighted by molar-refractivity contribution is 5.80. The Bertz CT molecular complexity index is 1340. The van der Waals surface area contributed by atoms with Crippen molar-refractivity contribution < 1.29 is 23.8 Å². The first-order valence-electron chi connectivity index (χ1n) is 13.8. The van der Waals surface area contributed by atoms with Gasteiger partial charge in [-0.15, -0.1) is 0 Å². The lowest BCUT2D eigenvalue weighted by atomic mass is 10.1. The Hall–Kier alpha value is -3.93. The maximum atomic E-state index is 12.5. The van der Waals surface area contributed by atoms with Crippen LogP contribution in [0.15, 0.2) is 30.6 Å². The molecule has 12 heteroatoms. The Labute approximate surface area is 233 Å². The fraction of sp³-hybridized carbons (Fsp3) is 0.536. The predicted octanol–water partition coefficient (Wildman–Crippen LogP) is 2.79. The number of anilines is 2. The van der Waals surface area contributed by atoms with Crippen molar-refractivity contribution in [1.82, 2.24) is 24.5 Å². The van der Waals surface area contributed by atoms with Gasteiger partial charge in [0.2, 0.25) is 0 Å². The molecule has 3 aromatic heterocycles. The number of nitrogens with zero attached hydrogens (tertiary/aromatic N) is 7. The van der Waals surface area contributed by atoms with E-state index >= 15 is 0 Å². The molecule has 0 N–H and O–H groups in total. The van der Waals surface area contributed by atoms with Gasteiger partial charge in [0.15, 0.2) is 5.65 Å². The third kappa shape index (κ3) is 6.11. The van der Waals surface area contributed by atoms with Gasteiger partial charge in [-0.25, -0.2) is 19.3 Å². The third-order valence-electron chi connectivity index (χ3n) is 6.82. The zero-order valence-electron chi connectivity index (χ0n) is 23.6. The van der Waals surface area contributed by atoms with Gasteiger partial charge in [-0.2, -0.15) is 5.10 Å². The first-order chi connectivity index (χ1) is 19.2. The quantitative estimate of drug-likeness (QED) is 0.424. The Balaban J connectivity index is 1.40. The zero-order chi connectivity index (χ0) is 28.3. The molecule has 2 fully saturated rings. The fourth-order valence-electron chi connectivity index (χ4n) is 4.95. The third-order valence-corrected chi connectivity index (χ3v) is 6.82. The molecule has 0 bridgehead atoms. The highest BCUT2D eigenvalue weighted by atomic mass is 16.6. The van der Waals surface area contributed by atoms with Crippen LogP contribution in [0.25, 0.3) is 16.9 Å². The van der Waals surface area contributed by atoms with Crippen molar-refractivity contribution in [2.45, 2.75) is 39.7 Å². The number of carbonyl (C=O) groups is 2. The largest absolute Gasteiger partial charge is 0.466 e. The number of morpholine rings is 1. The van der Waals surface area contributed by atoms with Crippen LogP contribution in [0, 0.1) is 0 Å². The molecule has 0 atom stereocenters. The lowest BCUT2D eigenvalue weighted by Gasteiger charge is -2.36. The molecule has 5 heterocycles. The number of carbonyl (C=O) groups excluding carboxylic acids is 2. The van der Waals surface area contributed by atoms with E-state index in [1.165, 1.54) is 0 Å². The van der Waals surface area contributed by atoms with Gasteiger partial charge in [0, 0.05) is 51.0 Å². The average molecular weight is 552 g/mol. The normalized spacial score (nSPS) is 16.4. The van der Waals surface area contributed by atoms with Gasteiger partial charge in [0.25, 0.3) is 0 Å². The number of rotatable bonds is 6. The first-order valence-corrected chi connectivity index (χ1v) is 13.8. The number of esters is 1. The van der Waals surface area contributed by atoms with E-state index in [1.807, 2.05) is 39.0 Å². The standard InChI is InChI=1S/C28H37N7O5/c1-5-39-24(36)18-21-25(35-26(31-21)22(8-9-30-35)32-14-16-38-17-15-32)20-6-7-23(29-19-20)33-10-12-34(13-11-33)27(37)40-28(2,3)4/h6-9,19H,5,10-18H2,1-4H3. The summed E-state index contributed by atoms with van der Waals surface area (Å²) in [7, 11) is 0. The molecule has 0 aromatic carbocycles. The van der Waals surface area contributed by atoms with Crippen LogP contribution in [0.3, 0.4) is 0 Å². The average Bonchev–Trinajstić information content (AvgIpc) is 3.30. The maximum absolute atomic E-state index is 12.5. The molecule has 12 nitrogen and oxygen atoms in total. The van der Waals surface area contributed by atoms with Crippen LogP contribution in [-0.4, -0.2) is 101 Å². The molecule has 5 rings (SSSR count). The lowest BCUT2D eigenvalue weighted by molar-refractivity contribution is -0.142. The Morgan fingerprint density at radius 3 is 2.40 bits per heavy atom. The maximum Gasteiger partial charge on any atom is 0.410 e. The van der Waals surface area contributed by atoms with Gasteiger partial charge < -0.3 is 28.9 Å². The summed E-state index contributed by atoms with van der Waals surface area (Å²) in [6.07, 6.45) is 3.28. The number of pyridine rings is 1. The van der Waals surface area contributed by atoms with Crippen LogP contribution in [0.5, 0.6) is 0 Å². The van der Waals surface area contributed by atoms with Crippen LogP contribution in [-0.2, 0) is 25.4 Å². The lowest BCUT2D eigenvalue weighted by Crippen LogP contribution is -2.50. The van der Waals surface area contributed by atoms with Gasteiger partial charge in [-0.1, -0.05) is 0 Å². The van der Waals surface area contributed by atoms with E-state index in [4.69, 9.17) is 24.2 Å². The van der Waals surface area contributed by atoms with E-state index in [1.54, 1.807) is 28.7 Å². The molecule has 0 saturated carbocycles. The Kier molecular flexibility index (Phi) is 8.06. The van der Waals surface area contributed by atoms with Crippen molar-refractivity contribution in [2.75, 3.05) is 68.9 Å². The molecule has 40 heavy (non-hydrogen) atoms. The van der Waals surface area contributed by atoms with Gasteiger partial charge in [-0.3, -0.25) is 4.79 Å². The summed E-state index contributed by atoms with van der Waals surface area (Å²) in [6, 6.07) is 5.88. The van der Waals surface area contributed by atoms with Crippen molar-refractivity contribution >= 4 is 29.2 Å². The van der Waals surface area contributed by atoms with E-state index in [-0.39, 0.29) is 18.5 Å². The molecule has 0 radical (unpaired) electrons. The summed E-state index contributed by atoms with van der Waals surface area (Å²) >= 11 is 0. The monoisotopic (exact) mass is 551 g/mol. The Morgan fingerprint density at radius 2 is 1.75 bits per heavy atom. The number of piperazine rings is 1. The number of ether oxygens (including phenoxy) is 3. The van der Waals surface area contributed by atoms with E-state index in [2.05, 4.69) is 14.9 Å². The van der Waals surface area contributed by atoms with E-state index in [0.29, 0.717) is 63.0 Å². The molecule has 214 valence electrons. The van der Waals surface area contributed by atoms with Crippen molar-refractivity contribution in [3.05, 3.63) is 36.3 Å².